The van der Waals surface area contributed by atoms with Crippen molar-refractivity contribution in [1.29, 1.82) is 0 Å². The van der Waals surface area contributed by atoms with Gasteiger partial charge in [0.2, 0.25) is 0 Å². The summed E-state index contributed by atoms with van der Waals surface area (Å²) in [5.41, 5.74) is 3.27. The molecule has 178 valence electrons. The zero-order chi connectivity index (χ0) is 24.1. The molecular weight excluding hydrogens is 452 g/mol. The van der Waals surface area contributed by atoms with Gasteiger partial charge in [-0.15, -0.1) is 11.8 Å². The molecule has 2 aromatic heterocycles. The summed E-state index contributed by atoms with van der Waals surface area (Å²) in [5.74, 6) is 0.136. The Morgan fingerprint density at radius 2 is 1.88 bits per heavy atom. The fourth-order valence-corrected chi connectivity index (χ4v) is 4.57. The molecule has 1 saturated heterocycles. The lowest BCUT2D eigenvalue weighted by atomic mass is 10.1. The lowest BCUT2D eigenvalue weighted by Crippen LogP contribution is -2.49. The standard InChI is InChI=1S/C25H28N4O4S/c1-17-6-4-7-19(14-17)15-28-9-11-29(12-10-28)21(30)16-33-25(31)22-18(2)26-23(27-24(22)34-3)20-8-5-13-32-20/h4-8,13-14H,9-12,15-16H2,1-3H3. The highest BCUT2D eigenvalue weighted by Crippen LogP contribution is 2.25. The number of rotatable bonds is 7. The SMILES string of the molecule is CSc1nc(-c2ccco2)nc(C)c1C(=O)OCC(=O)N1CCN(Cc2cccc(C)c2)CC1. The average Bonchev–Trinajstić information content (AvgIpc) is 3.37. The van der Waals surface area contributed by atoms with Crippen LogP contribution in [0.2, 0.25) is 0 Å². The molecule has 0 spiro atoms. The minimum Gasteiger partial charge on any atom is -0.461 e. The molecular formula is C25H28N4O4S. The average molecular weight is 481 g/mol. The van der Waals surface area contributed by atoms with E-state index in [0.29, 0.717) is 35.4 Å². The highest BCUT2D eigenvalue weighted by Gasteiger charge is 2.25. The summed E-state index contributed by atoms with van der Waals surface area (Å²) in [5, 5.41) is 0.487. The van der Waals surface area contributed by atoms with E-state index in [4.69, 9.17) is 9.15 Å². The summed E-state index contributed by atoms with van der Waals surface area (Å²) in [4.78, 5) is 38.4. The van der Waals surface area contributed by atoms with Crippen molar-refractivity contribution in [1.82, 2.24) is 19.8 Å². The van der Waals surface area contributed by atoms with E-state index in [9.17, 15) is 9.59 Å². The molecule has 3 aromatic rings. The van der Waals surface area contributed by atoms with E-state index in [1.807, 2.05) is 6.26 Å². The van der Waals surface area contributed by atoms with Crippen LogP contribution < -0.4 is 0 Å². The third-order valence-corrected chi connectivity index (χ3v) is 6.42. The number of aryl methyl sites for hydroxylation is 2. The smallest absolute Gasteiger partial charge is 0.343 e. The molecule has 0 unspecified atom stereocenters. The number of ether oxygens (including phenoxy) is 1. The molecule has 3 heterocycles. The van der Waals surface area contributed by atoms with Crippen molar-refractivity contribution in [3.05, 3.63) is 65.0 Å². The van der Waals surface area contributed by atoms with Crippen molar-refractivity contribution in [2.24, 2.45) is 0 Å². The number of thioether (sulfide) groups is 1. The number of esters is 1. The van der Waals surface area contributed by atoms with Crippen LogP contribution in [-0.2, 0) is 16.1 Å². The summed E-state index contributed by atoms with van der Waals surface area (Å²) in [6.07, 6.45) is 3.37. The quantitative estimate of drug-likeness (QED) is 0.288. The van der Waals surface area contributed by atoms with Gasteiger partial charge in [-0.25, -0.2) is 14.8 Å². The van der Waals surface area contributed by atoms with Crippen LogP contribution in [0.4, 0.5) is 0 Å². The van der Waals surface area contributed by atoms with Crippen LogP contribution in [0.1, 0.15) is 27.2 Å². The number of aromatic nitrogens is 2. The number of hydrogen-bond donors (Lipinski definition) is 0. The van der Waals surface area contributed by atoms with Gasteiger partial charge in [-0.2, -0.15) is 0 Å². The Morgan fingerprint density at radius 1 is 1.09 bits per heavy atom. The Morgan fingerprint density at radius 3 is 2.56 bits per heavy atom. The Kier molecular flexibility index (Phi) is 7.64. The fraction of sp³-hybridized carbons (Fsp3) is 0.360. The first-order valence-electron chi connectivity index (χ1n) is 11.1. The molecule has 34 heavy (non-hydrogen) atoms. The monoisotopic (exact) mass is 480 g/mol. The number of piperazine rings is 1. The van der Waals surface area contributed by atoms with Crippen LogP contribution in [0.25, 0.3) is 11.6 Å². The Hall–Kier alpha value is -3.17. The summed E-state index contributed by atoms with van der Waals surface area (Å²) in [6, 6.07) is 12.0. The van der Waals surface area contributed by atoms with Gasteiger partial charge < -0.3 is 14.1 Å². The summed E-state index contributed by atoms with van der Waals surface area (Å²) in [7, 11) is 0. The lowest BCUT2D eigenvalue weighted by molar-refractivity contribution is -0.136. The van der Waals surface area contributed by atoms with Crippen molar-refractivity contribution in [2.75, 3.05) is 39.0 Å². The number of furan rings is 1. The molecule has 1 aliphatic heterocycles. The molecule has 8 nitrogen and oxygen atoms in total. The van der Waals surface area contributed by atoms with Crippen LogP contribution in [0, 0.1) is 13.8 Å². The minimum atomic E-state index is -0.598. The topological polar surface area (TPSA) is 88.8 Å². The summed E-state index contributed by atoms with van der Waals surface area (Å²) >= 11 is 1.32. The maximum atomic E-state index is 12.8. The van der Waals surface area contributed by atoms with Crippen molar-refractivity contribution >= 4 is 23.6 Å². The molecule has 4 rings (SSSR count). The van der Waals surface area contributed by atoms with Gasteiger partial charge in [-0.1, -0.05) is 29.8 Å². The van der Waals surface area contributed by atoms with Crippen molar-refractivity contribution < 1.29 is 18.7 Å². The largest absolute Gasteiger partial charge is 0.461 e. The van der Waals surface area contributed by atoms with E-state index in [0.717, 1.165) is 19.6 Å². The molecule has 1 aliphatic rings. The normalized spacial score (nSPS) is 14.3. The van der Waals surface area contributed by atoms with E-state index in [1.54, 1.807) is 30.2 Å². The van der Waals surface area contributed by atoms with Gasteiger partial charge in [0.15, 0.2) is 18.2 Å². The van der Waals surface area contributed by atoms with Gasteiger partial charge >= 0.3 is 5.97 Å². The number of carbonyl (C=O) groups is 2. The number of carbonyl (C=O) groups excluding carboxylic acids is 2. The van der Waals surface area contributed by atoms with E-state index < -0.39 is 5.97 Å². The molecule has 9 heteroatoms. The third kappa shape index (κ3) is 5.66. The first-order valence-corrected chi connectivity index (χ1v) is 12.4. The molecule has 0 N–H and O–H groups in total. The first-order chi connectivity index (χ1) is 16.4. The van der Waals surface area contributed by atoms with Crippen LogP contribution in [-0.4, -0.2) is 70.7 Å². The van der Waals surface area contributed by atoms with Gasteiger partial charge in [0.1, 0.15) is 10.6 Å². The highest BCUT2D eigenvalue weighted by atomic mass is 32.2. The minimum absolute atomic E-state index is 0.194. The maximum Gasteiger partial charge on any atom is 0.343 e. The van der Waals surface area contributed by atoms with E-state index in [1.165, 1.54) is 22.9 Å². The van der Waals surface area contributed by atoms with E-state index in [-0.39, 0.29) is 18.1 Å². The second-order valence-corrected chi connectivity index (χ2v) is 9.01. The summed E-state index contributed by atoms with van der Waals surface area (Å²) < 4.78 is 10.7. The Balaban J connectivity index is 1.31. The van der Waals surface area contributed by atoms with Crippen LogP contribution in [0.3, 0.4) is 0 Å². The van der Waals surface area contributed by atoms with Gasteiger partial charge in [0, 0.05) is 32.7 Å². The van der Waals surface area contributed by atoms with Crippen LogP contribution >= 0.6 is 11.8 Å². The lowest BCUT2D eigenvalue weighted by Gasteiger charge is -2.34. The molecule has 1 fully saturated rings. The van der Waals surface area contributed by atoms with E-state index in [2.05, 4.69) is 46.1 Å². The van der Waals surface area contributed by atoms with Crippen molar-refractivity contribution in [2.45, 2.75) is 25.4 Å². The number of benzene rings is 1. The maximum absolute atomic E-state index is 12.8. The van der Waals surface area contributed by atoms with Crippen LogP contribution in [0.15, 0.2) is 52.1 Å². The van der Waals surface area contributed by atoms with Crippen molar-refractivity contribution in [3.8, 4) is 11.6 Å². The summed E-state index contributed by atoms with van der Waals surface area (Å²) in [6.45, 7) is 7.16. The molecule has 1 amide bonds. The van der Waals surface area contributed by atoms with Crippen molar-refractivity contribution in [3.63, 3.8) is 0 Å². The third-order valence-electron chi connectivity index (χ3n) is 5.74. The number of amides is 1. The predicted molar refractivity (Wildman–Crippen MR) is 130 cm³/mol. The molecule has 0 saturated carbocycles. The second-order valence-electron chi connectivity index (χ2n) is 8.22. The molecule has 0 radical (unpaired) electrons. The number of nitrogens with zero attached hydrogens (tertiary/aromatic N) is 4. The Bertz CT molecular complexity index is 1160. The van der Waals surface area contributed by atoms with Crippen LogP contribution in [0.5, 0.6) is 0 Å². The zero-order valence-corrected chi connectivity index (χ0v) is 20.4. The Labute approximate surface area is 203 Å². The second kappa shape index (κ2) is 10.8. The molecule has 0 bridgehead atoms. The highest BCUT2D eigenvalue weighted by molar-refractivity contribution is 7.98. The molecule has 0 atom stereocenters. The number of hydrogen-bond acceptors (Lipinski definition) is 8. The molecule has 0 aliphatic carbocycles. The molecule has 1 aromatic carbocycles. The zero-order valence-electron chi connectivity index (χ0n) is 19.6. The predicted octanol–water partition coefficient (Wildman–Crippen LogP) is 3.58. The fourth-order valence-electron chi connectivity index (χ4n) is 3.96. The van der Waals surface area contributed by atoms with Gasteiger partial charge in [-0.05, 0) is 37.8 Å². The van der Waals surface area contributed by atoms with Gasteiger partial charge in [0.05, 0.1) is 12.0 Å². The van der Waals surface area contributed by atoms with Gasteiger partial charge in [0.25, 0.3) is 5.91 Å². The first kappa shape index (κ1) is 24.0. The van der Waals surface area contributed by atoms with E-state index >= 15 is 0 Å². The van der Waals surface area contributed by atoms with Gasteiger partial charge in [-0.3, -0.25) is 9.69 Å².